The Balaban J connectivity index is 1.50. The van der Waals surface area contributed by atoms with Crippen LogP contribution in [0.25, 0.3) is 27.7 Å². The Kier molecular flexibility index (Phi) is 3.81. The van der Waals surface area contributed by atoms with Crippen molar-refractivity contribution in [3.63, 3.8) is 0 Å². The van der Waals surface area contributed by atoms with Gasteiger partial charge in [-0.3, -0.25) is 0 Å². The van der Waals surface area contributed by atoms with Gasteiger partial charge < -0.3 is 10.6 Å². The number of para-hydroxylation sites is 1. The molecule has 4 heteroatoms. The Morgan fingerprint density at radius 1 is 0.667 bits per heavy atom. The second-order valence-corrected chi connectivity index (χ2v) is 7.51. The van der Waals surface area contributed by atoms with Crippen molar-refractivity contribution in [2.75, 3.05) is 10.6 Å². The van der Waals surface area contributed by atoms with Crippen molar-refractivity contribution in [2.24, 2.45) is 0 Å². The van der Waals surface area contributed by atoms with Gasteiger partial charge in [0.2, 0.25) is 0 Å². The topological polar surface area (TPSA) is 41.9 Å². The molecule has 0 aliphatic carbocycles. The molecule has 30 heavy (non-hydrogen) atoms. The summed E-state index contributed by atoms with van der Waals surface area (Å²) in [6.07, 6.45) is 2.04. The normalized spacial score (nSPS) is 13.1. The van der Waals surface area contributed by atoms with Crippen LogP contribution >= 0.6 is 0 Å². The van der Waals surface area contributed by atoms with Gasteiger partial charge in [0, 0.05) is 34.1 Å². The highest BCUT2D eigenvalue weighted by atomic mass is 15.3. The van der Waals surface area contributed by atoms with Gasteiger partial charge >= 0.3 is 0 Å². The van der Waals surface area contributed by atoms with E-state index in [0.717, 1.165) is 33.9 Å². The van der Waals surface area contributed by atoms with Crippen LogP contribution in [0.3, 0.4) is 0 Å². The second-order valence-electron chi connectivity index (χ2n) is 7.51. The Morgan fingerprint density at radius 3 is 1.97 bits per heavy atom. The van der Waals surface area contributed by atoms with Gasteiger partial charge in [0.1, 0.15) is 6.17 Å². The van der Waals surface area contributed by atoms with E-state index in [1.54, 1.807) is 0 Å². The number of rotatable bonds is 3. The first-order valence-electron chi connectivity index (χ1n) is 10.1. The highest BCUT2D eigenvalue weighted by molar-refractivity contribution is 6.04. The van der Waals surface area contributed by atoms with E-state index in [2.05, 4.69) is 89.6 Å². The zero-order valence-corrected chi connectivity index (χ0v) is 16.3. The Bertz CT molecular complexity index is 1300. The standard InChI is InChI=1S/C26H20N4/c1-3-9-19(10-4-1)25-21(17-30(29-25)20-13-5-2-6-14-20)26-27-22-15-7-11-18-12-8-16-23(28-26)24(18)22/h1-17,26-28H. The summed E-state index contributed by atoms with van der Waals surface area (Å²) >= 11 is 0. The van der Waals surface area contributed by atoms with Gasteiger partial charge in [-0.2, -0.15) is 5.10 Å². The van der Waals surface area contributed by atoms with Crippen molar-refractivity contribution in [3.05, 3.63) is 109 Å². The van der Waals surface area contributed by atoms with Crippen molar-refractivity contribution < 1.29 is 0 Å². The average molecular weight is 388 g/mol. The molecule has 0 spiro atoms. The molecule has 5 aromatic rings. The molecule has 0 fully saturated rings. The molecule has 2 heterocycles. The third-order valence-corrected chi connectivity index (χ3v) is 5.63. The van der Waals surface area contributed by atoms with Gasteiger partial charge in [-0.05, 0) is 29.7 Å². The molecule has 0 atom stereocenters. The molecule has 1 aliphatic heterocycles. The van der Waals surface area contributed by atoms with Crippen molar-refractivity contribution >= 4 is 22.1 Å². The van der Waals surface area contributed by atoms with Crippen LogP contribution in [0.5, 0.6) is 0 Å². The molecule has 0 bridgehead atoms. The third kappa shape index (κ3) is 2.73. The fourth-order valence-corrected chi connectivity index (χ4v) is 4.22. The Morgan fingerprint density at radius 2 is 1.30 bits per heavy atom. The van der Waals surface area contributed by atoms with Gasteiger partial charge in [0.25, 0.3) is 0 Å². The lowest BCUT2D eigenvalue weighted by Crippen LogP contribution is -2.23. The number of nitrogens with zero attached hydrogens (tertiary/aromatic N) is 2. The molecule has 0 saturated heterocycles. The average Bonchev–Trinajstić information content (AvgIpc) is 3.26. The highest BCUT2D eigenvalue weighted by Gasteiger charge is 2.25. The van der Waals surface area contributed by atoms with E-state index in [0.29, 0.717) is 0 Å². The fraction of sp³-hybridized carbons (Fsp3) is 0.0385. The molecular formula is C26H20N4. The van der Waals surface area contributed by atoms with E-state index < -0.39 is 0 Å². The Hall–Kier alpha value is -4.05. The summed E-state index contributed by atoms with van der Waals surface area (Å²) < 4.78 is 1.96. The molecular weight excluding hydrogens is 368 g/mol. The minimum absolute atomic E-state index is 0.0850. The monoisotopic (exact) mass is 388 g/mol. The van der Waals surface area contributed by atoms with Gasteiger partial charge in [-0.15, -0.1) is 0 Å². The first-order chi connectivity index (χ1) is 14.9. The van der Waals surface area contributed by atoms with E-state index in [9.17, 15) is 0 Å². The fourth-order valence-electron chi connectivity index (χ4n) is 4.22. The summed E-state index contributed by atoms with van der Waals surface area (Å²) in [7, 11) is 0. The minimum atomic E-state index is -0.0850. The van der Waals surface area contributed by atoms with E-state index in [1.165, 1.54) is 10.8 Å². The lowest BCUT2D eigenvalue weighted by Gasteiger charge is -2.29. The molecule has 2 N–H and O–H groups in total. The number of anilines is 2. The van der Waals surface area contributed by atoms with Gasteiger partial charge in [-0.25, -0.2) is 4.68 Å². The summed E-state index contributed by atoms with van der Waals surface area (Å²) in [5.41, 5.74) is 6.49. The predicted molar refractivity (Wildman–Crippen MR) is 123 cm³/mol. The van der Waals surface area contributed by atoms with Crippen LogP contribution in [-0.2, 0) is 0 Å². The first kappa shape index (κ1) is 16.9. The van der Waals surface area contributed by atoms with Crippen molar-refractivity contribution in [1.29, 1.82) is 0 Å². The molecule has 144 valence electrons. The zero-order chi connectivity index (χ0) is 19.9. The molecule has 0 unspecified atom stereocenters. The van der Waals surface area contributed by atoms with E-state index in [-0.39, 0.29) is 6.17 Å². The van der Waals surface area contributed by atoms with Crippen LogP contribution in [0.1, 0.15) is 11.7 Å². The lowest BCUT2D eigenvalue weighted by atomic mass is 10.0. The maximum Gasteiger partial charge on any atom is 0.127 e. The highest BCUT2D eigenvalue weighted by Crippen LogP contribution is 2.40. The predicted octanol–water partition coefficient (Wildman–Crippen LogP) is 6.23. The largest absolute Gasteiger partial charge is 0.361 e. The van der Waals surface area contributed by atoms with E-state index in [1.807, 2.05) is 28.9 Å². The first-order valence-corrected chi connectivity index (χ1v) is 10.1. The lowest BCUT2D eigenvalue weighted by molar-refractivity contribution is 0.873. The van der Waals surface area contributed by atoms with Gasteiger partial charge in [0.15, 0.2) is 0 Å². The number of benzene rings is 4. The molecule has 0 saturated carbocycles. The number of hydrogen-bond acceptors (Lipinski definition) is 3. The SMILES string of the molecule is c1ccc(-c2nn(-c3ccccc3)cc2C2Nc3cccc4cccc(c34)N2)cc1. The van der Waals surface area contributed by atoms with Crippen LogP contribution in [-0.4, -0.2) is 9.78 Å². The van der Waals surface area contributed by atoms with Crippen molar-refractivity contribution in [3.8, 4) is 16.9 Å². The zero-order valence-electron chi connectivity index (χ0n) is 16.3. The molecule has 4 nitrogen and oxygen atoms in total. The van der Waals surface area contributed by atoms with Gasteiger partial charge in [0.05, 0.1) is 11.4 Å². The molecule has 0 radical (unpaired) electrons. The number of aromatic nitrogens is 2. The van der Waals surface area contributed by atoms with E-state index in [4.69, 9.17) is 5.10 Å². The van der Waals surface area contributed by atoms with E-state index >= 15 is 0 Å². The van der Waals surface area contributed by atoms with Crippen molar-refractivity contribution in [2.45, 2.75) is 6.17 Å². The molecule has 1 aliphatic rings. The van der Waals surface area contributed by atoms with Crippen molar-refractivity contribution in [1.82, 2.24) is 9.78 Å². The Labute approximate surface area is 174 Å². The van der Waals surface area contributed by atoms with Crippen LogP contribution in [0, 0.1) is 0 Å². The third-order valence-electron chi connectivity index (χ3n) is 5.63. The maximum atomic E-state index is 4.97. The van der Waals surface area contributed by atoms with Crippen LogP contribution < -0.4 is 10.6 Å². The number of nitrogens with one attached hydrogen (secondary N) is 2. The van der Waals surface area contributed by atoms with Gasteiger partial charge in [-0.1, -0.05) is 72.8 Å². The minimum Gasteiger partial charge on any atom is -0.361 e. The molecule has 6 rings (SSSR count). The molecule has 4 aromatic carbocycles. The van der Waals surface area contributed by atoms with Crippen LogP contribution in [0.2, 0.25) is 0 Å². The summed E-state index contributed by atoms with van der Waals surface area (Å²) in [5.74, 6) is 0. The molecule has 1 aromatic heterocycles. The second kappa shape index (κ2) is 6.78. The van der Waals surface area contributed by atoms with Crippen LogP contribution in [0.15, 0.2) is 103 Å². The van der Waals surface area contributed by atoms with Crippen LogP contribution in [0.4, 0.5) is 11.4 Å². The summed E-state index contributed by atoms with van der Waals surface area (Å²) in [4.78, 5) is 0. The summed E-state index contributed by atoms with van der Waals surface area (Å²) in [6, 6.07) is 33.4. The number of hydrogen-bond donors (Lipinski definition) is 2. The smallest absolute Gasteiger partial charge is 0.127 e. The summed E-state index contributed by atoms with van der Waals surface area (Å²) in [6.45, 7) is 0. The summed E-state index contributed by atoms with van der Waals surface area (Å²) in [5, 5.41) is 14.8. The maximum absolute atomic E-state index is 4.97. The quantitative estimate of drug-likeness (QED) is 0.385. The molecule has 0 amide bonds.